The molecule has 0 saturated carbocycles. The Kier molecular flexibility index (Phi) is 5.63. The highest BCUT2D eigenvalue weighted by Gasteiger charge is 2.31. The maximum absolute atomic E-state index is 12.6. The Hall–Kier alpha value is -1.62. The Labute approximate surface area is 139 Å². The normalized spacial score (nSPS) is 17.1. The minimum atomic E-state index is -0.582. The number of aryl methyl sites for hydroxylation is 2. The molecule has 128 valence electrons. The Morgan fingerprint density at radius 3 is 2.65 bits per heavy atom. The van der Waals surface area contributed by atoms with Crippen LogP contribution in [0.3, 0.4) is 0 Å². The third-order valence-corrected chi connectivity index (χ3v) is 4.43. The first-order valence-corrected chi connectivity index (χ1v) is 8.34. The second-order valence-electron chi connectivity index (χ2n) is 7.30. The van der Waals surface area contributed by atoms with Gasteiger partial charge in [0.15, 0.2) is 0 Å². The summed E-state index contributed by atoms with van der Waals surface area (Å²) in [4.78, 5) is 19.3. The summed E-state index contributed by atoms with van der Waals surface area (Å²) in [6.45, 7) is 10.1. The van der Waals surface area contributed by atoms with E-state index in [0.29, 0.717) is 12.5 Å². The average Bonchev–Trinajstić information content (AvgIpc) is 2.50. The molecule has 5 nitrogen and oxygen atoms in total. The molecule has 23 heavy (non-hydrogen) atoms. The molecule has 1 aromatic heterocycles. The van der Waals surface area contributed by atoms with E-state index < -0.39 is 5.41 Å². The molecule has 0 aromatic carbocycles. The number of piperidine rings is 1. The van der Waals surface area contributed by atoms with E-state index in [0.717, 1.165) is 37.2 Å². The first-order chi connectivity index (χ1) is 10.8. The molecule has 1 aliphatic heterocycles. The summed E-state index contributed by atoms with van der Waals surface area (Å²) in [5.74, 6) is 0.669. The van der Waals surface area contributed by atoms with Gasteiger partial charge in [0, 0.05) is 17.3 Å². The molecule has 2 heterocycles. The highest BCUT2D eigenvalue weighted by Crippen LogP contribution is 2.21. The van der Waals surface area contributed by atoms with Gasteiger partial charge in [0.1, 0.15) is 6.61 Å². The van der Waals surface area contributed by atoms with Gasteiger partial charge in [-0.2, -0.15) is 0 Å². The third kappa shape index (κ3) is 4.93. The highest BCUT2D eigenvalue weighted by molar-refractivity contribution is 5.82. The van der Waals surface area contributed by atoms with Crippen LogP contribution in [-0.2, 0) is 4.79 Å². The summed E-state index contributed by atoms with van der Waals surface area (Å²) in [6, 6.07) is 4.22. The van der Waals surface area contributed by atoms with Crippen molar-refractivity contribution in [2.24, 2.45) is 5.41 Å². The topological polar surface area (TPSA) is 54.5 Å². The Morgan fingerprint density at radius 1 is 1.35 bits per heavy atom. The van der Waals surface area contributed by atoms with E-state index >= 15 is 0 Å². The predicted octanol–water partition coefficient (Wildman–Crippen LogP) is 2.31. The Morgan fingerprint density at radius 2 is 2.00 bits per heavy atom. The van der Waals surface area contributed by atoms with Gasteiger partial charge >= 0.3 is 0 Å². The van der Waals surface area contributed by atoms with E-state index in [9.17, 15) is 4.79 Å². The maximum Gasteiger partial charge on any atom is 0.229 e. The lowest BCUT2D eigenvalue weighted by molar-refractivity contribution is -0.131. The fourth-order valence-electron chi connectivity index (χ4n) is 2.60. The van der Waals surface area contributed by atoms with Crippen LogP contribution in [0, 0.1) is 19.3 Å². The summed E-state index contributed by atoms with van der Waals surface area (Å²) in [5, 5.41) is 3.18. The van der Waals surface area contributed by atoms with Crippen LogP contribution in [0.2, 0.25) is 0 Å². The molecular formula is C18H29N3O2. The molecule has 1 amide bonds. The lowest BCUT2D eigenvalue weighted by Gasteiger charge is -2.32. The number of hydrogen-bond acceptors (Lipinski definition) is 4. The van der Waals surface area contributed by atoms with Gasteiger partial charge in [-0.1, -0.05) is 6.07 Å². The quantitative estimate of drug-likeness (QED) is 0.905. The van der Waals surface area contributed by atoms with E-state index in [2.05, 4.69) is 22.2 Å². The lowest BCUT2D eigenvalue weighted by atomic mass is 9.92. The van der Waals surface area contributed by atoms with Gasteiger partial charge < -0.3 is 15.0 Å². The lowest BCUT2D eigenvalue weighted by Crippen LogP contribution is -2.49. The van der Waals surface area contributed by atoms with Crippen LogP contribution < -0.4 is 10.1 Å². The number of carbonyl (C=O) groups excluding carboxylic acids is 1. The van der Waals surface area contributed by atoms with Crippen molar-refractivity contribution in [1.29, 1.82) is 0 Å². The van der Waals surface area contributed by atoms with E-state index in [4.69, 9.17) is 4.74 Å². The Balaban J connectivity index is 1.90. The standard InChI is InChI=1S/C18H29N3O2/c1-13-6-7-14(2)19-16(13)23-12-18(3,4)17(22)20-15-8-10-21(5)11-9-15/h6-7,15H,8-12H2,1-5H3,(H,20,22). The first-order valence-electron chi connectivity index (χ1n) is 8.34. The maximum atomic E-state index is 12.6. The molecule has 0 bridgehead atoms. The fraction of sp³-hybridized carbons (Fsp3) is 0.667. The van der Waals surface area contributed by atoms with Crippen molar-refractivity contribution in [2.45, 2.75) is 46.6 Å². The molecule has 0 radical (unpaired) electrons. The number of rotatable bonds is 5. The SMILES string of the molecule is Cc1ccc(C)c(OCC(C)(C)C(=O)NC2CCN(C)CC2)n1. The van der Waals surface area contributed by atoms with Gasteiger partial charge in [0.05, 0.1) is 5.41 Å². The van der Waals surface area contributed by atoms with Crippen LogP contribution in [-0.4, -0.2) is 48.6 Å². The average molecular weight is 319 g/mol. The number of hydrogen-bond donors (Lipinski definition) is 1. The van der Waals surface area contributed by atoms with Crippen molar-refractivity contribution in [1.82, 2.24) is 15.2 Å². The van der Waals surface area contributed by atoms with Crippen molar-refractivity contribution in [3.8, 4) is 5.88 Å². The fourth-order valence-corrected chi connectivity index (χ4v) is 2.60. The summed E-state index contributed by atoms with van der Waals surface area (Å²) in [5.41, 5.74) is 1.32. The molecule has 0 aliphatic carbocycles. The van der Waals surface area contributed by atoms with Gasteiger partial charge in [-0.05, 0) is 66.7 Å². The molecule has 1 saturated heterocycles. The molecule has 0 atom stereocenters. The highest BCUT2D eigenvalue weighted by atomic mass is 16.5. The summed E-state index contributed by atoms with van der Waals surface area (Å²) >= 11 is 0. The van der Waals surface area contributed by atoms with Crippen molar-refractivity contribution in [3.63, 3.8) is 0 Å². The molecule has 1 N–H and O–H groups in total. The number of ether oxygens (including phenoxy) is 1. The summed E-state index contributed by atoms with van der Waals surface area (Å²) in [7, 11) is 2.12. The summed E-state index contributed by atoms with van der Waals surface area (Å²) in [6.07, 6.45) is 2.02. The Bertz CT molecular complexity index is 549. The van der Waals surface area contributed by atoms with Crippen LogP contribution in [0.4, 0.5) is 0 Å². The zero-order valence-corrected chi connectivity index (χ0v) is 15.0. The molecule has 1 aromatic rings. The van der Waals surface area contributed by atoms with Crippen LogP contribution in [0.15, 0.2) is 12.1 Å². The van der Waals surface area contributed by atoms with Crippen LogP contribution in [0.25, 0.3) is 0 Å². The number of pyridine rings is 1. The van der Waals surface area contributed by atoms with Crippen molar-refractivity contribution in [2.75, 3.05) is 26.7 Å². The molecular weight excluding hydrogens is 290 g/mol. The van der Waals surface area contributed by atoms with Gasteiger partial charge in [0.2, 0.25) is 11.8 Å². The molecule has 2 rings (SSSR count). The van der Waals surface area contributed by atoms with Crippen LogP contribution in [0.5, 0.6) is 5.88 Å². The number of nitrogens with one attached hydrogen (secondary N) is 1. The monoisotopic (exact) mass is 319 g/mol. The van der Waals surface area contributed by atoms with Gasteiger partial charge in [-0.25, -0.2) is 4.98 Å². The van der Waals surface area contributed by atoms with E-state index in [1.165, 1.54) is 0 Å². The summed E-state index contributed by atoms with van der Waals surface area (Å²) < 4.78 is 5.83. The minimum Gasteiger partial charge on any atom is -0.476 e. The van der Waals surface area contributed by atoms with Gasteiger partial charge in [-0.15, -0.1) is 0 Å². The smallest absolute Gasteiger partial charge is 0.229 e. The number of carbonyl (C=O) groups is 1. The molecule has 1 fully saturated rings. The van der Waals surface area contributed by atoms with Crippen molar-refractivity contribution < 1.29 is 9.53 Å². The number of aromatic nitrogens is 1. The van der Waals surface area contributed by atoms with Crippen LogP contribution in [0.1, 0.15) is 37.9 Å². The van der Waals surface area contributed by atoms with Gasteiger partial charge in [-0.3, -0.25) is 4.79 Å². The number of likely N-dealkylation sites (tertiary alicyclic amines) is 1. The van der Waals surface area contributed by atoms with E-state index in [1.54, 1.807) is 0 Å². The minimum absolute atomic E-state index is 0.0531. The zero-order chi connectivity index (χ0) is 17.0. The third-order valence-electron chi connectivity index (χ3n) is 4.43. The second-order valence-corrected chi connectivity index (χ2v) is 7.30. The molecule has 0 spiro atoms. The second kappa shape index (κ2) is 7.30. The number of amides is 1. The van der Waals surface area contributed by atoms with E-state index in [-0.39, 0.29) is 11.9 Å². The number of nitrogens with zero attached hydrogens (tertiary/aromatic N) is 2. The van der Waals surface area contributed by atoms with Crippen molar-refractivity contribution in [3.05, 3.63) is 23.4 Å². The molecule has 5 heteroatoms. The first kappa shape index (κ1) is 17.7. The van der Waals surface area contributed by atoms with Crippen LogP contribution >= 0.6 is 0 Å². The molecule has 0 unspecified atom stereocenters. The van der Waals surface area contributed by atoms with Gasteiger partial charge in [0.25, 0.3) is 0 Å². The molecule has 1 aliphatic rings. The van der Waals surface area contributed by atoms with Crippen molar-refractivity contribution >= 4 is 5.91 Å². The zero-order valence-electron chi connectivity index (χ0n) is 15.0. The van der Waals surface area contributed by atoms with E-state index in [1.807, 2.05) is 39.8 Å². The largest absolute Gasteiger partial charge is 0.476 e. The predicted molar refractivity (Wildman–Crippen MR) is 91.6 cm³/mol.